The third kappa shape index (κ3) is 2.31. The molecule has 1 saturated carbocycles. The maximum atomic E-state index is 10.5. The van der Waals surface area contributed by atoms with Crippen molar-refractivity contribution in [1.82, 2.24) is 4.98 Å². The molecule has 0 spiro atoms. The third-order valence-electron chi connectivity index (χ3n) is 2.58. The van der Waals surface area contributed by atoms with Crippen molar-refractivity contribution in [3.8, 4) is 0 Å². The number of carbonyl (C=O) groups is 1. The normalized spacial score (nSPS) is 15.4. The quantitative estimate of drug-likeness (QED) is 0.793. The Labute approximate surface area is 82.8 Å². The van der Waals surface area contributed by atoms with Crippen molar-refractivity contribution in [3.63, 3.8) is 0 Å². The van der Waals surface area contributed by atoms with Crippen molar-refractivity contribution >= 4 is 5.97 Å². The molecule has 0 bridgehead atoms. The fourth-order valence-corrected chi connectivity index (χ4v) is 1.48. The fourth-order valence-electron chi connectivity index (χ4n) is 1.48. The number of aromatic carboxylic acids is 1. The summed E-state index contributed by atoms with van der Waals surface area (Å²) in [5, 5.41) is 8.64. The fraction of sp³-hybridized carbons (Fsp3) is 0.455. The average Bonchev–Trinajstić information content (AvgIpc) is 2.99. The molecular formula is C11H13NO2. The Kier molecular flexibility index (Phi) is 2.48. The number of aryl methyl sites for hydroxylation is 1. The smallest absolute Gasteiger partial charge is 0.354 e. The van der Waals surface area contributed by atoms with Gasteiger partial charge in [0.1, 0.15) is 5.69 Å². The van der Waals surface area contributed by atoms with Crippen LogP contribution in [0.15, 0.2) is 18.3 Å². The molecule has 1 heterocycles. The van der Waals surface area contributed by atoms with E-state index in [9.17, 15) is 4.79 Å². The molecule has 1 aliphatic rings. The maximum Gasteiger partial charge on any atom is 0.354 e. The molecule has 3 nitrogen and oxygen atoms in total. The molecule has 3 heteroatoms. The zero-order chi connectivity index (χ0) is 9.97. The summed E-state index contributed by atoms with van der Waals surface area (Å²) in [6.45, 7) is 0. The Morgan fingerprint density at radius 1 is 1.50 bits per heavy atom. The van der Waals surface area contributed by atoms with Gasteiger partial charge in [0.15, 0.2) is 0 Å². The van der Waals surface area contributed by atoms with Crippen molar-refractivity contribution in [1.29, 1.82) is 0 Å². The predicted molar refractivity (Wildman–Crippen MR) is 52.2 cm³/mol. The van der Waals surface area contributed by atoms with Crippen LogP contribution in [0, 0.1) is 5.92 Å². The molecule has 2 rings (SSSR count). The van der Waals surface area contributed by atoms with Crippen LogP contribution < -0.4 is 0 Å². The van der Waals surface area contributed by atoms with E-state index in [0.29, 0.717) is 0 Å². The second kappa shape index (κ2) is 3.78. The molecule has 14 heavy (non-hydrogen) atoms. The molecular weight excluding hydrogens is 178 g/mol. The first kappa shape index (κ1) is 9.19. The van der Waals surface area contributed by atoms with E-state index in [0.717, 1.165) is 17.9 Å². The molecule has 1 N–H and O–H groups in total. The maximum absolute atomic E-state index is 10.5. The van der Waals surface area contributed by atoms with Crippen LogP contribution in [-0.4, -0.2) is 16.1 Å². The number of carboxylic acids is 1. The van der Waals surface area contributed by atoms with Crippen LogP contribution in [-0.2, 0) is 6.42 Å². The minimum Gasteiger partial charge on any atom is -0.477 e. The molecule has 1 aromatic rings. The van der Waals surface area contributed by atoms with Crippen molar-refractivity contribution in [2.75, 3.05) is 0 Å². The first-order valence-electron chi connectivity index (χ1n) is 4.94. The van der Waals surface area contributed by atoms with Crippen molar-refractivity contribution in [3.05, 3.63) is 29.6 Å². The minimum absolute atomic E-state index is 0.125. The molecule has 0 amide bonds. The summed E-state index contributed by atoms with van der Waals surface area (Å²) in [5.41, 5.74) is 1.27. The Bertz CT molecular complexity index is 328. The summed E-state index contributed by atoms with van der Waals surface area (Å²) >= 11 is 0. The van der Waals surface area contributed by atoms with Gasteiger partial charge in [-0.2, -0.15) is 0 Å². The molecule has 1 fully saturated rings. The van der Waals surface area contributed by atoms with Crippen LogP contribution in [0.5, 0.6) is 0 Å². The summed E-state index contributed by atoms with van der Waals surface area (Å²) < 4.78 is 0. The lowest BCUT2D eigenvalue weighted by atomic mass is 10.1. The summed E-state index contributed by atoms with van der Waals surface area (Å²) in [4.78, 5) is 14.4. The summed E-state index contributed by atoms with van der Waals surface area (Å²) in [6.07, 6.45) is 6.64. The lowest BCUT2D eigenvalue weighted by molar-refractivity contribution is 0.0690. The van der Waals surface area contributed by atoms with Crippen LogP contribution in [0.3, 0.4) is 0 Å². The number of nitrogens with zero attached hydrogens (tertiary/aromatic N) is 1. The number of rotatable bonds is 4. The van der Waals surface area contributed by atoms with E-state index >= 15 is 0 Å². The zero-order valence-corrected chi connectivity index (χ0v) is 7.94. The second-order valence-electron chi connectivity index (χ2n) is 3.84. The van der Waals surface area contributed by atoms with Crippen LogP contribution in [0.1, 0.15) is 35.3 Å². The van der Waals surface area contributed by atoms with Crippen molar-refractivity contribution < 1.29 is 9.90 Å². The first-order chi connectivity index (χ1) is 6.75. The average molecular weight is 191 g/mol. The van der Waals surface area contributed by atoms with Crippen molar-refractivity contribution in [2.24, 2.45) is 5.92 Å². The summed E-state index contributed by atoms with van der Waals surface area (Å²) in [5.74, 6) is -0.0482. The summed E-state index contributed by atoms with van der Waals surface area (Å²) in [6, 6.07) is 3.43. The van der Waals surface area contributed by atoms with Gasteiger partial charge >= 0.3 is 5.97 Å². The highest BCUT2D eigenvalue weighted by Crippen LogP contribution is 2.33. The van der Waals surface area contributed by atoms with Gasteiger partial charge in [0.05, 0.1) is 0 Å². The van der Waals surface area contributed by atoms with Gasteiger partial charge in [0.25, 0.3) is 0 Å². The van der Waals surface area contributed by atoms with Gasteiger partial charge in [-0.05, 0) is 30.4 Å². The minimum atomic E-state index is -0.959. The summed E-state index contributed by atoms with van der Waals surface area (Å²) in [7, 11) is 0. The predicted octanol–water partition coefficient (Wildman–Crippen LogP) is 2.12. The third-order valence-corrected chi connectivity index (χ3v) is 2.58. The highest BCUT2D eigenvalue weighted by atomic mass is 16.4. The monoisotopic (exact) mass is 191 g/mol. The Hall–Kier alpha value is -1.38. The lowest BCUT2D eigenvalue weighted by Crippen LogP contribution is -2.00. The molecule has 0 aromatic carbocycles. The van der Waals surface area contributed by atoms with E-state index in [4.69, 9.17) is 5.11 Å². The molecule has 0 unspecified atom stereocenters. The van der Waals surface area contributed by atoms with Gasteiger partial charge in [-0.1, -0.05) is 18.9 Å². The number of pyridine rings is 1. The van der Waals surface area contributed by atoms with E-state index in [1.807, 2.05) is 6.07 Å². The number of hydrogen-bond acceptors (Lipinski definition) is 2. The van der Waals surface area contributed by atoms with Gasteiger partial charge in [-0.25, -0.2) is 9.78 Å². The van der Waals surface area contributed by atoms with Crippen LogP contribution in [0.25, 0.3) is 0 Å². The highest BCUT2D eigenvalue weighted by molar-refractivity contribution is 5.85. The van der Waals surface area contributed by atoms with Crippen LogP contribution in [0.4, 0.5) is 0 Å². The number of hydrogen-bond donors (Lipinski definition) is 1. The van der Waals surface area contributed by atoms with Gasteiger partial charge in [-0.3, -0.25) is 0 Å². The van der Waals surface area contributed by atoms with Gasteiger partial charge in [0, 0.05) is 6.20 Å². The highest BCUT2D eigenvalue weighted by Gasteiger charge is 2.20. The topological polar surface area (TPSA) is 50.2 Å². The van der Waals surface area contributed by atoms with Crippen LogP contribution >= 0.6 is 0 Å². The van der Waals surface area contributed by atoms with Gasteiger partial charge < -0.3 is 5.11 Å². The first-order valence-corrected chi connectivity index (χ1v) is 4.94. The zero-order valence-electron chi connectivity index (χ0n) is 7.94. The SMILES string of the molecule is O=C(O)c1ccc(CCC2CC2)cn1. The molecule has 0 atom stereocenters. The second-order valence-corrected chi connectivity index (χ2v) is 3.84. The standard InChI is InChI=1S/C11H13NO2/c13-11(14)10-6-5-9(7-12-10)4-3-8-1-2-8/h5-8H,1-4H2,(H,13,14). The number of aromatic nitrogens is 1. The van der Waals surface area contributed by atoms with E-state index in [-0.39, 0.29) is 5.69 Å². The molecule has 1 aromatic heterocycles. The Morgan fingerprint density at radius 2 is 2.29 bits per heavy atom. The lowest BCUT2D eigenvalue weighted by Gasteiger charge is -1.99. The largest absolute Gasteiger partial charge is 0.477 e. The molecule has 0 radical (unpaired) electrons. The Balaban J connectivity index is 1.94. The van der Waals surface area contributed by atoms with Gasteiger partial charge in [0.2, 0.25) is 0 Å². The molecule has 0 aliphatic heterocycles. The Morgan fingerprint density at radius 3 is 2.79 bits per heavy atom. The van der Waals surface area contributed by atoms with E-state index in [1.165, 1.54) is 19.3 Å². The van der Waals surface area contributed by atoms with E-state index < -0.39 is 5.97 Å². The molecule has 1 aliphatic carbocycles. The molecule has 74 valence electrons. The van der Waals surface area contributed by atoms with Gasteiger partial charge in [-0.15, -0.1) is 0 Å². The van der Waals surface area contributed by atoms with Crippen LogP contribution in [0.2, 0.25) is 0 Å². The van der Waals surface area contributed by atoms with E-state index in [2.05, 4.69) is 4.98 Å². The molecule has 0 saturated heterocycles. The van der Waals surface area contributed by atoms with E-state index in [1.54, 1.807) is 12.3 Å². The number of carboxylic acid groups (broad SMARTS) is 1. The van der Waals surface area contributed by atoms with Crippen molar-refractivity contribution in [2.45, 2.75) is 25.7 Å².